The first kappa shape index (κ1) is 17.6. The van der Waals surface area contributed by atoms with Crippen molar-refractivity contribution in [3.63, 3.8) is 0 Å². The number of benzene rings is 2. The van der Waals surface area contributed by atoms with Crippen LogP contribution in [0.4, 0.5) is 0 Å². The number of ether oxygens (including phenoxy) is 5. The van der Waals surface area contributed by atoms with Gasteiger partial charge in [0.1, 0.15) is 19.8 Å². The summed E-state index contributed by atoms with van der Waals surface area (Å²) in [6.45, 7) is 0.896. The van der Waals surface area contributed by atoms with Crippen LogP contribution >= 0.6 is 0 Å². The normalized spacial score (nSPS) is 12.2. The number of hydrogen-bond acceptors (Lipinski definition) is 7. The highest BCUT2D eigenvalue weighted by atomic mass is 16.6. The summed E-state index contributed by atoms with van der Waals surface area (Å²) in [7, 11) is 2.81. The molecule has 1 heterocycles. The number of carbonyl (C=O) groups excluding carboxylic acids is 2. The predicted molar refractivity (Wildman–Crippen MR) is 90.9 cm³/mol. The molecule has 0 aliphatic carbocycles. The van der Waals surface area contributed by atoms with Crippen LogP contribution in [0.5, 0.6) is 17.2 Å². The van der Waals surface area contributed by atoms with Crippen molar-refractivity contribution in [2.75, 3.05) is 27.4 Å². The first-order chi connectivity index (χ1) is 12.6. The fourth-order valence-corrected chi connectivity index (χ4v) is 2.48. The van der Waals surface area contributed by atoms with Crippen molar-refractivity contribution in [2.45, 2.75) is 6.61 Å². The van der Waals surface area contributed by atoms with Gasteiger partial charge in [0.15, 0.2) is 11.5 Å². The van der Waals surface area contributed by atoms with Gasteiger partial charge in [-0.2, -0.15) is 0 Å². The van der Waals surface area contributed by atoms with Crippen LogP contribution in [-0.4, -0.2) is 39.4 Å². The topological polar surface area (TPSA) is 80.3 Å². The second kappa shape index (κ2) is 7.77. The third-order valence-corrected chi connectivity index (χ3v) is 3.81. The summed E-state index contributed by atoms with van der Waals surface area (Å²) in [5, 5.41) is 0. The quantitative estimate of drug-likeness (QED) is 0.760. The van der Waals surface area contributed by atoms with Gasteiger partial charge in [0.2, 0.25) is 5.75 Å². The molecule has 0 spiro atoms. The minimum Gasteiger partial charge on any atom is -0.493 e. The summed E-state index contributed by atoms with van der Waals surface area (Å²) >= 11 is 0. The summed E-state index contributed by atoms with van der Waals surface area (Å²) in [4.78, 5) is 23.8. The van der Waals surface area contributed by atoms with E-state index < -0.39 is 11.9 Å². The maximum atomic E-state index is 12.3. The molecule has 0 amide bonds. The zero-order chi connectivity index (χ0) is 18.5. The number of hydrogen-bond donors (Lipinski definition) is 0. The Balaban J connectivity index is 1.69. The molecule has 136 valence electrons. The van der Waals surface area contributed by atoms with E-state index in [1.54, 1.807) is 36.4 Å². The summed E-state index contributed by atoms with van der Waals surface area (Å²) < 4.78 is 26.2. The monoisotopic (exact) mass is 358 g/mol. The van der Waals surface area contributed by atoms with Gasteiger partial charge in [-0.3, -0.25) is 0 Å². The smallest absolute Gasteiger partial charge is 0.338 e. The van der Waals surface area contributed by atoms with Crippen LogP contribution in [0.1, 0.15) is 26.3 Å². The molecule has 0 aromatic heterocycles. The third kappa shape index (κ3) is 3.72. The molecule has 1 aliphatic heterocycles. The number of carbonyl (C=O) groups is 2. The summed E-state index contributed by atoms with van der Waals surface area (Å²) in [6.07, 6.45) is 0. The predicted octanol–water partition coefficient (Wildman–Crippen LogP) is 2.61. The van der Waals surface area contributed by atoms with Gasteiger partial charge in [0.05, 0.1) is 25.3 Å². The summed E-state index contributed by atoms with van der Waals surface area (Å²) in [6, 6.07) is 9.74. The molecule has 7 nitrogen and oxygen atoms in total. The SMILES string of the molecule is COC(=O)c1ccc(COC(=O)c2cc(OC)c3c(c2)OCCO3)cc1. The Morgan fingerprint density at radius 2 is 1.69 bits per heavy atom. The lowest BCUT2D eigenvalue weighted by Crippen LogP contribution is -2.17. The highest BCUT2D eigenvalue weighted by molar-refractivity contribution is 5.91. The lowest BCUT2D eigenvalue weighted by Gasteiger charge is -2.21. The van der Waals surface area contributed by atoms with Gasteiger partial charge in [-0.05, 0) is 29.8 Å². The van der Waals surface area contributed by atoms with Gasteiger partial charge in [0.25, 0.3) is 0 Å². The number of fused-ring (bicyclic) bond motifs is 1. The van der Waals surface area contributed by atoms with E-state index in [4.69, 9.17) is 18.9 Å². The Bertz CT molecular complexity index is 794. The van der Waals surface area contributed by atoms with E-state index in [0.717, 1.165) is 5.56 Å². The maximum absolute atomic E-state index is 12.3. The van der Waals surface area contributed by atoms with E-state index in [0.29, 0.717) is 41.6 Å². The van der Waals surface area contributed by atoms with Gasteiger partial charge in [-0.25, -0.2) is 9.59 Å². The van der Waals surface area contributed by atoms with Crippen LogP contribution in [0.2, 0.25) is 0 Å². The molecular formula is C19H18O7. The molecule has 0 fully saturated rings. The van der Waals surface area contributed by atoms with E-state index in [-0.39, 0.29) is 6.61 Å². The zero-order valence-electron chi connectivity index (χ0n) is 14.4. The van der Waals surface area contributed by atoms with Crippen molar-refractivity contribution < 1.29 is 33.3 Å². The second-order valence-corrected chi connectivity index (χ2v) is 5.47. The molecule has 1 aliphatic rings. The number of rotatable bonds is 5. The van der Waals surface area contributed by atoms with Gasteiger partial charge in [-0.1, -0.05) is 12.1 Å². The Morgan fingerprint density at radius 3 is 2.38 bits per heavy atom. The van der Waals surface area contributed by atoms with Gasteiger partial charge >= 0.3 is 11.9 Å². The average Bonchev–Trinajstić information content (AvgIpc) is 2.70. The van der Waals surface area contributed by atoms with Gasteiger partial charge in [-0.15, -0.1) is 0 Å². The second-order valence-electron chi connectivity index (χ2n) is 5.47. The van der Waals surface area contributed by atoms with Gasteiger partial charge < -0.3 is 23.7 Å². The molecule has 26 heavy (non-hydrogen) atoms. The van der Waals surface area contributed by atoms with E-state index in [1.807, 2.05) is 0 Å². The van der Waals surface area contributed by atoms with Crippen molar-refractivity contribution in [2.24, 2.45) is 0 Å². The van der Waals surface area contributed by atoms with Crippen molar-refractivity contribution in [1.82, 2.24) is 0 Å². The fourth-order valence-electron chi connectivity index (χ4n) is 2.48. The highest BCUT2D eigenvalue weighted by Crippen LogP contribution is 2.40. The van der Waals surface area contributed by atoms with Crippen molar-refractivity contribution >= 4 is 11.9 Å². The largest absolute Gasteiger partial charge is 0.493 e. The van der Waals surface area contributed by atoms with E-state index in [2.05, 4.69) is 4.74 Å². The number of esters is 2. The highest BCUT2D eigenvalue weighted by Gasteiger charge is 2.21. The van der Waals surface area contributed by atoms with Crippen molar-refractivity contribution in [1.29, 1.82) is 0 Å². The van der Waals surface area contributed by atoms with Crippen LogP contribution in [0.15, 0.2) is 36.4 Å². The molecule has 0 radical (unpaired) electrons. The van der Waals surface area contributed by atoms with Gasteiger partial charge in [0, 0.05) is 0 Å². The Kier molecular flexibility index (Phi) is 5.26. The van der Waals surface area contributed by atoms with E-state index in [9.17, 15) is 9.59 Å². The molecule has 3 rings (SSSR count). The first-order valence-electron chi connectivity index (χ1n) is 7.94. The molecule has 0 unspecified atom stereocenters. The lowest BCUT2D eigenvalue weighted by atomic mass is 10.1. The van der Waals surface area contributed by atoms with Crippen molar-refractivity contribution in [3.05, 3.63) is 53.1 Å². The Morgan fingerprint density at radius 1 is 0.962 bits per heavy atom. The molecular weight excluding hydrogens is 340 g/mol. The van der Waals surface area contributed by atoms with Crippen LogP contribution in [0.25, 0.3) is 0 Å². The maximum Gasteiger partial charge on any atom is 0.338 e. The Labute approximate surface area is 150 Å². The molecule has 2 aromatic carbocycles. The Hall–Kier alpha value is -3.22. The first-order valence-corrected chi connectivity index (χ1v) is 7.94. The average molecular weight is 358 g/mol. The van der Waals surface area contributed by atoms with Crippen LogP contribution in [-0.2, 0) is 16.1 Å². The summed E-state index contributed by atoms with van der Waals surface area (Å²) in [5.74, 6) is 0.407. The molecule has 2 aromatic rings. The minimum absolute atomic E-state index is 0.0665. The van der Waals surface area contributed by atoms with E-state index >= 15 is 0 Å². The summed E-state index contributed by atoms with van der Waals surface area (Å²) in [5.41, 5.74) is 1.48. The molecule has 7 heteroatoms. The van der Waals surface area contributed by atoms with Crippen LogP contribution in [0, 0.1) is 0 Å². The molecule has 0 saturated carbocycles. The van der Waals surface area contributed by atoms with Crippen molar-refractivity contribution in [3.8, 4) is 17.2 Å². The zero-order valence-corrected chi connectivity index (χ0v) is 14.4. The molecule has 0 N–H and O–H groups in total. The van der Waals surface area contributed by atoms with E-state index in [1.165, 1.54) is 14.2 Å². The molecule has 0 saturated heterocycles. The lowest BCUT2D eigenvalue weighted by molar-refractivity contribution is 0.0469. The van der Waals surface area contributed by atoms with Crippen LogP contribution in [0.3, 0.4) is 0 Å². The number of methoxy groups -OCH3 is 2. The molecule has 0 atom stereocenters. The molecule has 0 bridgehead atoms. The third-order valence-electron chi connectivity index (χ3n) is 3.81. The van der Waals surface area contributed by atoms with Crippen LogP contribution < -0.4 is 14.2 Å². The standard InChI is InChI=1S/C19H18O7/c1-22-15-9-14(10-16-17(15)25-8-7-24-16)19(21)26-11-12-3-5-13(6-4-12)18(20)23-2/h3-6,9-10H,7-8,11H2,1-2H3. The minimum atomic E-state index is -0.516. The fraction of sp³-hybridized carbons (Fsp3) is 0.263.